The van der Waals surface area contributed by atoms with E-state index in [1.54, 1.807) is 11.6 Å². The molecule has 0 radical (unpaired) electrons. The second-order valence-corrected chi connectivity index (χ2v) is 9.90. The van der Waals surface area contributed by atoms with Gasteiger partial charge >= 0.3 is 0 Å². The molecule has 0 fully saturated rings. The molecule has 0 unspecified atom stereocenters. The first-order chi connectivity index (χ1) is 14.0. The Morgan fingerprint density at radius 2 is 1.97 bits per heavy atom. The van der Waals surface area contributed by atoms with Gasteiger partial charge in [-0.2, -0.15) is 4.31 Å². The molecule has 0 saturated heterocycles. The van der Waals surface area contributed by atoms with Gasteiger partial charge in [0.1, 0.15) is 16.4 Å². The van der Waals surface area contributed by atoms with Crippen LogP contribution in [0.4, 0.5) is 11.5 Å². The Kier molecular flexibility index (Phi) is 4.30. The number of fused-ring (bicyclic) bond motifs is 2. The van der Waals surface area contributed by atoms with E-state index < -0.39 is 10.0 Å². The third-order valence-corrected chi connectivity index (χ3v) is 8.40. The van der Waals surface area contributed by atoms with Crippen molar-refractivity contribution in [2.24, 2.45) is 0 Å². The highest BCUT2D eigenvalue weighted by atomic mass is 32.2. The molecule has 1 N–H and O–H groups in total. The van der Waals surface area contributed by atoms with Crippen LogP contribution in [-0.2, 0) is 23.1 Å². The van der Waals surface area contributed by atoms with E-state index in [1.165, 1.54) is 22.0 Å². The molecule has 146 valence electrons. The highest BCUT2D eigenvalue weighted by Crippen LogP contribution is 2.34. The number of thiophene rings is 1. The van der Waals surface area contributed by atoms with Crippen LogP contribution in [0.25, 0.3) is 10.9 Å². The minimum absolute atomic E-state index is 0.235. The van der Waals surface area contributed by atoms with Crippen LogP contribution in [0.15, 0.2) is 58.5 Å². The zero-order valence-corrected chi connectivity index (χ0v) is 17.2. The van der Waals surface area contributed by atoms with Crippen molar-refractivity contribution in [2.75, 3.05) is 5.32 Å². The molecule has 0 spiro atoms. The number of nitrogens with one attached hydrogen (secondary N) is 1. The van der Waals surface area contributed by atoms with Gasteiger partial charge in [0.25, 0.3) is 10.0 Å². The molecule has 1 aliphatic rings. The van der Waals surface area contributed by atoms with Crippen LogP contribution in [0.5, 0.6) is 0 Å². The summed E-state index contributed by atoms with van der Waals surface area (Å²) >= 11 is 1.24. The van der Waals surface area contributed by atoms with Crippen LogP contribution in [0.2, 0.25) is 0 Å². The van der Waals surface area contributed by atoms with Gasteiger partial charge < -0.3 is 5.32 Å². The van der Waals surface area contributed by atoms with Crippen LogP contribution in [0, 0.1) is 6.92 Å². The molecule has 3 aromatic heterocycles. The lowest BCUT2D eigenvalue weighted by Crippen LogP contribution is -2.25. The average molecular weight is 424 g/mol. The number of nitrogens with zero attached hydrogens (tertiary/aromatic N) is 4. The van der Waals surface area contributed by atoms with Crippen LogP contribution in [0.3, 0.4) is 0 Å². The third-order valence-electron chi connectivity index (χ3n) is 4.94. The first kappa shape index (κ1) is 18.2. The fourth-order valence-electron chi connectivity index (χ4n) is 3.44. The number of hydrogen-bond acceptors (Lipinski definition) is 7. The van der Waals surface area contributed by atoms with Gasteiger partial charge in [-0.25, -0.2) is 18.4 Å². The number of rotatable bonds is 4. The molecule has 0 saturated carbocycles. The van der Waals surface area contributed by atoms with E-state index in [9.17, 15) is 8.42 Å². The number of para-hydroxylation sites is 1. The minimum atomic E-state index is -3.57. The Hall–Kier alpha value is -2.88. The van der Waals surface area contributed by atoms with Crippen LogP contribution in [-0.4, -0.2) is 27.7 Å². The maximum absolute atomic E-state index is 13.1. The molecular weight excluding hydrogens is 406 g/mol. The first-order valence-corrected chi connectivity index (χ1v) is 11.3. The number of aryl methyl sites for hydroxylation is 1. The van der Waals surface area contributed by atoms with Gasteiger partial charge in [0, 0.05) is 17.5 Å². The topological polar surface area (TPSA) is 88.1 Å². The maximum Gasteiger partial charge on any atom is 0.253 e. The van der Waals surface area contributed by atoms with E-state index in [0.29, 0.717) is 15.7 Å². The fraction of sp³-hybridized carbons (Fsp3) is 0.150. The summed E-state index contributed by atoms with van der Waals surface area (Å²) in [5.41, 5.74) is 3.97. The summed E-state index contributed by atoms with van der Waals surface area (Å²) in [5.74, 6) is 0.604. The number of aromatic nitrogens is 3. The number of hydrogen-bond donors (Lipinski definition) is 1. The molecule has 9 heteroatoms. The molecule has 0 bridgehead atoms. The maximum atomic E-state index is 13.1. The predicted octanol–water partition coefficient (Wildman–Crippen LogP) is 3.84. The van der Waals surface area contributed by atoms with E-state index in [2.05, 4.69) is 20.3 Å². The monoisotopic (exact) mass is 423 g/mol. The highest BCUT2D eigenvalue weighted by molar-refractivity contribution is 7.91. The Labute approximate surface area is 172 Å². The number of benzene rings is 1. The second kappa shape index (κ2) is 6.87. The Bertz CT molecular complexity index is 1330. The second-order valence-electron chi connectivity index (χ2n) is 6.85. The Balaban J connectivity index is 1.46. The van der Waals surface area contributed by atoms with E-state index in [4.69, 9.17) is 0 Å². The smallest absolute Gasteiger partial charge is 0.253 e. The van der Waals surface area contributed by atoms with Crippen molar-refractivity contribution in [3.63, 3.8) is 0 Å². The lowest BCUT2D eigenvalue weighted by molar-refractivity contribution is 0.431. The average Bonchev–Trinajstić information content (AvgIpc) is 3.35. The summed E-state index contributed by atoms with van der Waals surface area (Å²) in [6.07, 6.45) is 3.21. The lowest BCUT2D eigenvalue weighted by atomic mass is 10.2. The molecule has 0 aliphatic carbocycles. The minimum Gasteiger partial charge on any atom is -0.339 e. The van der Waals surface area contributed by atoms with Gasteiger partial charge in [0.15, 0.2) is 0 Å². The summed E-state index contributed by atoms with van der Waals surface area (Å²) in [7, 11) is -3.57. The first-order valence-electron chi connectivity index (χ1n) is 9.01. The Morgan fingerprint density at radius 1 is 1.10 bits per heavy atom. The molecular formula is C20H17N5O2S2. The standard InChI is InChI=1S/C20H17N5O2S2/c1-13-6-7-28-20(13)29(26,27)25-10-16-18(11-25)22-12-23-19(16)24-15-8-14-4-2-3-5-17(14)21-9-15/h2-9,12H,10-11H2,1H3,(H,22,23,24). The van der Waals surface area contributed by atoms with Crippen molar-refractivity contribution in [1.82, 2.24) is 19.3 Å². The third kappa shape index (κ3) is 3.17. The SMILES string of the molecule is Cc1ccsc1S(=O)(=O)N1Cc2ncnc(Nc3cnc4ccccc4c3)c2C1. The van der Waals surface area contributed by atoms with Crippen molar-refractivity contribution in [3.8, 4) is 0 Å². The normalized spacial score (nSPS) is 14.2. The van der Waals surface area contributed by atoms with Gasteiger partial charge in [0.05, 0.1) is 29.6 Å². The highest BCUT2D eigenvalue weighted by Gasteiger charge is 2.34. The lowest BCUT2D eigenvalue weighted by Gasteiger charge is -2.15. The number of pyridine rings is 1. The van der Waals surface area contributed by atoms with Crippen LogP contribution >= 0.6 is 11.3 Å². The van der Waals surface area contributed by atoms with Gasteiger partial charge in [0.2, 0.25) is 0 Å². The zero-order valence-electron chi connectivity index (χ0n) is 15.5. The van der Waals surface area contributed by atoms with Gasteiger partial charge in [-0.3, -0.25) is 4.98 Å². The van der Waals surface area contributed by atoms with Crippen molar-refractivity contribution in [3.05, 3.63) is 71.1 Å². The summed E-state index contributed by atoms with van der Waals surface area (Å²) < 4.78 is 28.0. The van der Waals surface area contributed by atoms with Crippen molar-refractivity contribution in [1.29, 1.82) is 0 Å². The van der Waals surface area contributed by atoms with Gasteiger partial charge in [-0.05, 0) is 36.1 Å². The van der Waals surface area contributed by atoms with Gasteiger partial charge in [-0.1, -0.05) is 18.2 Å². The van der Waals surface area contributed by atoms with E-state index >= 15 is 0 Å². The summed E-state index contributed by atoms with van der Waals surface area (Å²) in [6.45, 7) is 2.29. The zero-order chi connectivity index (χ0) is 20.0. The van der Waals surface area contributed by atoms with Crippen molar-refractivity contribution >= 4 is 43.8 Å². The van der Waals surface area contributed by atoms with Crippen LogP contribution < -0.4 is 5.32 Å². The summed E-state index contributed by atoms with van der Waals surface area (Å²) in [4.78, 5) is 13.1. The summed E-state index contributed by atoms with van der Waals surface area (Å²) in [5, 5.41) is 6.09. The van der Waals surface area contributed by atoms with Gasteiger partial charge in [-0.15, -0.1) is 11.3 Å². The Morgan fingerprint density at radius 3 is 2.79 bits per heavy atom. The molecule has 0 atom stereocenters. The molecule has 4 aromatic rings. The van der Waals surface area contributed by atoms with E-state index in [-0.39, 0.29) is 13.1 Å². The quantitative estimate of drug-likeness (QED) is 0.537. The van der Waals surface area contributed by atoms with Crippen LogP contribution in [0.1, 0.15) is 16.8 Å². The van der Waals surface area contributed by atoms with E-state index in [1.807, 2.05) is 43.3 Å². The molecule has 0 amide bonds. The van der Waals surface area contributed by atoms with Crippen molar-refractivity contribution < 1.29 is 8.42 Å². The predicted molar refractivity (Wildman–Crippen MR) is 113 cm³/mol. The molecule has 1 aliphatic heterocycles. The van der Waals surface area contributed by atoms with Crippen molar-refractivity contribution in [2.45, 2.75) is 24.2 Å². The fourth-order valence-corrected chi connectivity index (χ4v) is 6.36. The molecule has 29 heavy (non-hydrogen) atoms. The molecule has 5 rings (SSSR count). The molecule has 7 nitrogen and oxygen atoms in total. The largest absolute Gasteiger partial charge is 0.339 e. The number of sulfonamides is 1. The molecule has 1 aromatic carbocycles. The van der Waals surface area contributed by atoms with E-state index in [0.717, 1.165) is 27.7 Å². The molecule has 4 heterocycles. The summed E-state index contributed by atoms with van der Waals surface area (Å²) in [6, 6.07) is 11.7. The number of anilines is 2.